The normalized spacial score (nSPS) is 10.8. The van der Waals surface area contributed by atoms with Crippen LogP contribution in [-0.4, -0.2) is 32.4 Å². The van der Waals surface area contributed by atoms with Crippen LogP contribution in [0.25, 0.3) is 0 Å². The molecule has 1 amide bonds. The summed E-state index contributed by atoms with van der Waals surface area (Å²) in [5.74, 6) is -0.523. The Balaban J connectivity index is 2.60. The Morgan fingerprint density at radius 3 is 2.70 bits per heavy atom. The number of nitrogens with one attached hydrogen (secondary N) is 1. The lowest BCUT2D eigenvalue weighted by atomic mass is 10.2. The molecule has 0 saturated carbocycles. The highest BCUT2D eigenvalue weighted by Gasteiger charge is 2.27. The van der Waals surface area contributed by atoms with Crippen LogP contribution in [0, 0.1) is 11.3 Å². The number of carbonyl (C=O) groups is 1. The zero-order chi connectivity index (χ0) is 15.2. The van der Waals surface area contributed by atoms with Crippen LogP contribution in [0.4, 0.5) is 18.9 Å². The number of nitriles is 1. The molecule has 0 spiro atoms. The third-order valence-corrected chi connectivity index (χ3v) is 2.10. The highest BCUT2D eigenvalue weighted by Crippen LogP contribution is 2.25. The van der Waals surface area contributed by atoms with E-state index in [2.05, 4.69) is 10.1 Å². The molecule has 8 heteroatoms. The Labute approximate surface area is 112 Å². The smallest absolute Gasteiger partial charge is 0.411 e. The zero-order valence-electron chi connectivity index (χ0n) is 10.5. The average molecular weight is 288 g/mol. The molecule has 5 nitrogen and oxygen atoms in total. The summed E-state index contributed by atoms with van der Waals surface area (Å²) in [6.45, 7) is -2.23. The van der Waals surface area contributed by atoms with Gasteiger partial charge in [0.25, 0.3) is 0 Å². The molecule has 20 heavy (non-hydrogen) atoms. The first-order chi connectivity index (χ1) is 9.35. The van der Waals surface area contributed by atoms with E-state index >= 15 is 0 Å². The van der Waals surface area contributed by atoms with E-state index in [1.54, 1.807) is 0 Å². The topological polar surface area (TPSA) is 71.3 Å². The lowest BCUT2D eigenvalue weighted by molar-refractivity contribution is -0.174. The van der Waals surface area contributed by atoms with E-state index in [1.807, 2.05) is 6.07 Å². The second-order valence-electron chi connectivity index (χ2n) is 3.68. The number of nitrogens with zero attached hydrogens (tertiary/aromatic N) is 1. The first kappa shape index (κ1) is 15.8. The Morgan fingerprint density at radius 1 is 1.45 bits per heavy atom. The monoisotopic (exact) mass is 288 g/mol. The van der Waals surface area contributed by atoms with E-state index in [1.165, 1.54) is 25.3 Å². The van der Waals surface area contributed by atoms with Gasteiger partial charge in [-0.3, -0.25) is 4.79 Å². The number of anilines is 1. The van der Waals surface area contributed by atoms with Crippen molar-refractivity contribution in [2.24, 2.45) is 0 Å². The van der Waals surface area contributed by atoms with Gasteiger partial charge in [0.1, 0.15) is 19.0 Å². The maximum atomic E-state index is 11.8. The van der Waals surface area contributed by atoms with Gasteiger partial charge in [-0.2, -0.15) is 18.4 Å². The molecule has 108 valence electrons. The van der Waals surface area contributed by atoms with Crippen molar-refractivity contribution in [3.05, 3.63) is 23.8 Å². The van der Waals surface area contributed by atoms with Crippen molar-refractivity contribution in [1.29, 1.82) is 5.26 Å². The number of ether oxygens (including phenoxy) is 2. The number of alkyl halides is 3. The summed E-state index contributed by atoms with van der Waals surface area (Å²) in [5, 5.41) is 11.0. The van der Waals surface area contributed by atoms with Crippen LogP contribution in [-0.2, 0) is 9.53 Å². The van der Waals surface area contributed by atoms with Crippen molar-refractivity contribution < 1.29 is 27.4 Å². The van der Waals surface area contributed by atoms with Crippen LogP contribution in [0.3, 0.4) is 0 Å². The lowest BCUT2D eigenvalue weighted by Gasteiger charge is -2.11. The molecule has 1 aromatic carbocycles. The highest BCUT2D eigenvalue weighted by atomic mass is 19.4. The van der Waals surface area contributed by atoms with Crippen LogP contribution in [0.5, 0.6) is 5.75 Å². The predicted octanol–water partition coefficient (Wildman–Crippen LogP) is 2.08. The fourth-order valence-corrected chi connectivity index (χ4v) is 1.31. The van der Waals surface area contributed by atoms with E-state index in [0.717, 1.165) is 0 Å². The largest absolute Gasteiger partial charge is 0.495 e. The standard InChI is InChI=1S/C12H11F3N2O3/c1-19-10-4-8(5-16)2-3-9(10)17-11(18)6-20-7-12(13,14)15/h2-4H,6-7H2,1H3,(H,17,18). The summed E-state index contributed by atoms with van der Waals surface area (Å²) < 4.78 is 44.7. The van der Waals surface area contributed by atoms with Gasteiger partial charge in [-0.15, -0.1) is 0 Å². The van der Waals surface area contributed by atoms with E-state index in [0.29, 0.717) is 5.56 Å². The number of methoxy groups -OCH3 is 1. The minimum atomic E-state index is -4.48. The first-order valence-electron chi connectivity index (χ1n) is 5.38. The molecular formula is C12H11F3N2O3. The SMILES string of the molecule is COc1cc(C#N)ccc1NC(=O)COCC(F)(F)F. The fraction of sp³-hybridized carbons (Fsp3) is 0.333. The molecule has 0 aliphatic heterocycles. The number of halogens is 3. The molecule has 1 rings (SSSR count). The van der Waals surface area contributed by atoms with Crippen molar-refractivity contribution in [3.63, 3.8) is 0 Å². The Bertz CT molecular complexity index is 524. The molecule has 0 aliphatic carbocycles. The van der Waals surface area contributed by atoms with E-state index in [-0.39, 0.29) is 11.4 Å². The summed E-state index contributed by atoms with van der Waals surface area (Å²) >= 11 is 0. The summed E-state index contributed by atoms with van der Waals surface area (Å²) in [6.07, 6.45) is -4.48. The summed E-state index contributed by atoms with van der Waals surface area (Å²) in [6, 6.07) is 6.14. The van der Waals surface area contributed by atoms with Crippen molar-refractivity contribution in [2.75, 3.05) is 25.6 Å². The van der Waals surface area contributed by atoms with Crippen molar-refractivity contribution in [3.8, 4) is 11.8 Å². The summed E-state index contributed by atoms with van der Waals surface area (Å²) in [4.78, 5) is 11.4. The highest BCUT2D eigenvalue weighted by molar-refractivity contribution is 5.93. The van der Waals surface area contributed by atoms with Crippen molar-refractivity contribution in [1.82, 2.24) is 0 Å². The van der Waals surface area contributed by atoms with Gasteiger partial charge in [0.15, 0.2) is 0 Å². The number of benzene rings is 1. The number of amides is 1. The maximum absolute atomic E-state index is 11.8. The van der Waals surface area contributed by atoms with Crippen LogP contribution in [0.15, 0.2) is 18.2 Å². The maximum Gasteiger partial charge on any atom is 0.411 e. The molecule has 1 N–H and O–H groups in total. The van der Waals surface area contributed by atoms with Gasteiger partial charge in [0, 0.05) is 6.07 Å². The van der Waals surface area contributed by atoms with E-state index in [4.69, 9.17) is 10.00 Å². The van der Waals surface area contributed by atoms with Crippen LogP contribution < -0.4 is 10.1 Å². The van der Waals surface area contributed by atoms with Gasteiger partial charge < -0.3 is 14.8 Å². The van der Waals surface area contributed by atoms with Crippen molar-refractivity contribution in [2.45, 2.75) is 6.18 Å². The van der Waals surface area contributed by atoms with Crippen LogP contribution in [0.1, 0.15) is 5.56 Å². The Kier molecular flexibility index (Phi) is 5.34. The minimum absolute atomic E-state index is 0.230. The number of hydrogen-bond donors (Lipinski definition) is 1. The average Bonchev–Trinajstić information content (AvgIpc) is 2.37. The molecule has 0 atom stereocenters. The Hall–Kier alpha value is -2.27. The third-order valence-electron chi connectivity index (χ3n) is 2.10. The van der Waals surface area contributed by atoms with Gasteiger partial charge >= 0.3 is 6.18 Å². The third kappa shape index (κ3) is 5.16. The Morgan fingerprint density at radius 2 is 2.15 bits per heavy atom. The molecule has 0 bridgehead atoms. The van der Waals surface area contributed by atoms with Gasteiger partial charge in [0.05, 0.1) is 24.4 Å². The summed E-state index contributed by atoms with van der Waals surface area (Å²) in [5.41, 5.74) is 0.570. The molecule has 0 heterocycles. The summed E-state index contributed by atoms with van der Waals surface area (Å²) in [7, 11) is 1.34. The molecule has 0 unspecified atom stereocenters. The molecule has 0 radical (unpaired) electrons. The predicted molar refractivity (Wildman–Crippen MR) is 63.2 cm³/mol. The first-order valence-corrected chi connectivity index (χ1v) is 5.38. The molecule has 0 aliphatic rings. The second-order valence-corrected chi connectivity index (χ2v) is 3.68. The second kappa shape index (κ2) is 6.77. The van der Waals surface area contributed by atoms with Crippen molar-refractivity contribution >= 4 is 11.6 Å². The molecule has 0 saturated heterocycles. The molecule has 1 aromatic rings. The number of carbonyl (C=O) groups excluding carboxylic acids is 1. The van der Waals surface area contributed by atoms with E-state index < -0.39 is 25.3 Å². The van der Waals surface area contributed by atoms with Crippen LogP contribution in [0.2, 0.25) is 0 Å². The van der Waals surface area contributed by atoms with Gasteiger partial charge in [-0.25, -0.2) is 0 Å². The van der Waals surface area contributed by atoms with E-state index in [9.17, 15) is 18.0 Å². The van der Waals surface area contributed by atoms with Crippen LogP contribution >= 0.6 is 0 Å². The zero-order valence-corrected chi connectivity index (χ0v) is 10.5. The molecular weight excluding hydrogens is 277 g/mol. The minimum Gasteiger partial charge on any atom is -0.495 e. The quantitative estimate of drug-likeness (QED) is 0.900. The fourth-order valence-electron chi connectivity index (χ4n) is 1.31. The van der Waals surface area contributed by atoms with Gasteiger partial charge in [-0.1, -0.05) is 0 Å². The van der Waals surface area contributed by atoms with Gasteiger partial charge in [0.2, 0.25) is 5.91 Å². The van der Waals surface area contributed by atoms with Gasteiger partial charge in [-0.05, 0) is 12.1 Å². The lowest BCUT2D eigenvalue weighted by Crippen LogP contribution is -2.24. The number of hydrogen-bond acceptors (Lipinski definition) is 4. The number of rotatable bonds is 5. The molecule has 0 aromatic heterocycles. The molecule has 0 fully saturated rings.